The Bertz CT molecular complexity index is 614. The number of rotatable bonds is 7. The van der Waals surface area contributed by atoms with Gasteiger partial charge in [-0.15, -0.1) is 0 Å². The van der Waals surface area contributed by atoms with Crippen LogP contribution in [0.3, 0.4) is 0 Å². The van der Waals surface area contributed by atoms with Gasteiger partial charge in [0, 0.05) is 0 Å². The highest BCUT2D eigenvalue weighted by atomic mass is 16.5. The first-order chi connectivity index (χ1) is 12.7. The number of carbonyl (C=O) groups excluding carboxylic acids is 1. The minimum atomic E-state index is -0.145. The van der Waals surface area contributed by atoms with E-state index in [0.29, 0.717) is 36.8 Å². The molecule has 1 spiro atoms. The minimum Gasteiger partial charge on any atom is -0.497 e. The molecule has 6 heteroatoms. The fourth-order valence-electron chi connectivity index (χ4n) is 3.95. The molecule has 1 atom stereocenters. The summed E-state index contributed by atoms with van der Waals surface area (Å²) in [6.07, 6.45) is 7.57. The Morgan fingerprint density at radius 2 is 2.15 bits per heavy atom. The Kier molecular flexibility index (Phi) is 6.38. The minimum absolute atomic E-state index is 0.0228. The Morgan fingerprint density at radius 3 is 2.88 bits per heavy atom. The summed E-state index contributed by atoms with van der Waals surface area (Å²) in [5.41, 5.74) is 5.99. The van der Waals surface area contributed by atoms with Crippen molar-refractivity contribution < 1.29 is 19.0 Å². The van der Waals surface area contributed by atoms with Crippen LogP contribution in [0.5, 0.6) is 11.5 Å². The predicted molar refractivity (Wildman–Crippen MR) is 99.8 cm³/mol. The van der Waals surface area contributed by atoms with E-state index in [1.54, 1.807) is 25.3 Å². The van der Waals surface area contributed by atoms with E-state index in [1.807, 2.05) is 0 Å². The van der Waals surface area contributed by atoms with Gasteiger partial charge in [0.1, 0.15) is 11.5 Å². The van der Waals surface area contributed by atoms with Crippen molar-refractivity contribution in [2.45, 2.75) is 56.6 Å². The van der Waals surface area contributed by atoms with E-state index >= 15 is 0 Å². The lowest BCUT2D eigenvalue weighted by molar-refractivity contribution is -0.0246. The van der Waals surface area contributed by atoms with E-state index in [-0.39, 0.29) is 17.6 Å². The predicted octanol–water partition coefficient (Wildman–Crippen LogP) is 2.64. The molecular formula is C20H30N2O4. The standard InChI is InChI=1S/C20H30N2O4/c1-24-16-6-7-18(25-11-5-10-21)17(12-16)19(23)22-15-13-20(26-14-15)8-3-2-4-9-20/h6-7,12,15H,2-5,8-11,13-14,21H2,1H3,(H,22,23)/t15-/m0/s1. The van der Waals surface area contributed by atoms with Gasteiger partial charge < -0.3 is 25.3 Å². The third-order valence-electron chi connectivity index (χ3n) is 5.35. The maximum atomic E-state index is 12.9. The summed E-state index contributed by atoms with van der Waals surface area (Å²) in [5, 5.41) is 3.12. The molecule has 1 saturated carbocycles. The molecule has 2 fully saturated rings. The summed E-state index contributed by atoms with van der Waals surface area (Å²) >= 11 is 0. The van der Waals surface area contributed by atoms with Gasteiger partial charge >= 0.3 is 0 Å². The molecule has 144 valence electrons. The van der Waals surface area contributed by atoms with Crippen molar-refractivity contribution in [3.05, 3.63) is 23.8 Å². The summed E-state index contributed by atoms with van der Waals surface area (Å²) in [6.45, 7) is 1.62. The van der Waals surface area contributed by atoms with Crippen molar-refractivity contribution in [1.29, 1.82) is 0 Å². The van der Waals surface area contributed by atoms with E-state index in [1.165, 1.54) is 19.3 Å². The van der Waals surface area contributed by atoms with Crippen LogP contribution in [0.2, 0.25) is 0 Å². The summed E-state index contributed by atoms with van der Waals surface area (Å²) < 4.78 is 17.1. The fourth-order valence-corrected chi connectivity index (χ4v) is 3.95. The molecule has 26 heavy (non-hydrogen) atoms. The average molecular weight is 362 g/mol. The Labute approximate surface area is 155 Å². The lowest BCUT2D eigenvalue weighted by atomic mass is 9.82. The summed E-state index contributed by atoms with van der Waals surface area (Å²) in [7, 11) is 1.59. The smallest absolute Gasteiger partial charge is 0.255 e. The second-order valence-electron chi connectivity index (χ2n) is 7.28. The summed E-state index contributed by atoms with van der Waals surface area (Å²) in [6, 6.07) is 5.34. The number of nitrogens with two attached hydrogens (primary N) is 1. The van der Waals surface area contributed by atoms with E-state index in [2.05, 4.69) is 5.32 Å². The highest BCUT2D eigenvalue weighted by Gasteiger charge is 2.41. The van der Waals surface area contributed by atoms with E-state index in [9.17, 15) is 4.79 Å². The molecule has 1 aromatic rings. The number of nitrogens with one attached hydrogen (secondary N) is 1. The Balaban J connectivity index is 1.66. The van der Waals surface area contributed by atoms with Crippen LogP contribution in [0.4, 0.5) is 0 Å². The largest absolute Gasteiger partial charge is 0.497 e. The molecule has 2 aliphatic rings. The van der Waals surface area contributed by atoms with Crippen molar-refractivity contribution in [3.8, 4) is 11.5 Å². The molecule has 1 aliphatic heterocycles. The van der Waals surface area contributed by atoms with Crippen LogP contribution in [0.1, 0.15) is 55.3 Å². The monoisotopic (exact) mass is 362 g/mol. The lowest BCUT2D eigenvalue weighted by Gasteiger charge is -2.32. The van der Waals surface area contributed by atoms with Gasteiger partial charge in [0.2, 0.25) is 0 Å². The van der Waals surface area contributed by atoms with Crippen LogP contribution in [-0.2, 0) is 4.74 Å². The van der Waals surface area contributed by atoms with Gasteiger partial charge in [-0.05, 0) is 50.4 Å². The molecular weight excluding hydrogens is 332 g/mol. The first-order valence-corrected chi connectivity index (χ1v) is 9.61. The number of hydrogen-bond donors (Lipinski definition) is 2. The third-order valence-corrected chi connectivity index (χ3v) is 5.35. The Morgan fingerprint density at radius 1 is 1.35 bits per heavy atom. The van der Waals surface area contributed by atoms with Gasteiger partial charge in [0.25, 0.3) is 5.91 Å². The van der Waals surface area contributed by atoms with Crippen LogP contribution < -0.4 is 20.5 Å². The summed E-state index contributed by atoms with van der Waals surface area (Å²) in [5.74, 6) is 1.05. The van der Waals surface area contributed by atoms with Crippen LogP contribution in [0.25, 0.3) is 0 Å². The third kappa shape index (κ3) is 4.48. The van der Waals surface area contributed by atoms with Gasteiger partial charge in [0.15, 0.2) is 0 Å². The molecule has 0 radical (unpaired) electrons. The zero-order valence-corrected chi connectivity index (χ0v) is 15.6. The van der Waals surface area contributed by atoms with Crippen molar-refractivity contribution in [2.75, 3.05) is 26.9 Å². The fraction of sp³-hybridized carbons (Fsp3) is 0.650. The van der Waals surface area contributed by atoms with Crippen LogP contribution in [0.15, 0.2) is 18.2 Å². The van der Waals surface area contributed by atoms with Gasteiger partial charge in [-0.3, -0.25) is 4.79 Å². The van der Waals surface area contributed by atoms with Crippen molar-refractivity contribution >= 4 is 5.91 Å². The molecule has 1 amide bonds. The van der Waals surface area contributed by atoms with E-state index in [4.69, 9.17) is 19.9 Å². The molecule has 1 aromatic carbocycles. The molecule has 1 saturated heterocycles. The van der Waals surface area contributed by atoms with Gasteiger partial charge in [-0.25, -0.2) is 0 Å². The first kappa shape index (κ1) is 19.0. The Hall–Kier alpha value is -1.79. The average Bonchev–Trinajstić information content (AvgIpc) is 3.04. The van der Waals surface area contributed by atoms with Crippen LogP contribution >= 0.6 is 0 Å². The highest BCUT2D eigenvalue weighted by molar-refractivity contribution is 5.97. The topological polar surface area (TPSA) is 82.8 Å². The van der Waals surface area contributed by atoms with Crippen LogP contribution in [0, 0.1) is 0 Å². The molecule has 3 N–H and O–H groups in total. The number of hydrogen-bond acceptors (Lipinski definition) is 5. The number of benzene rings is 1. The van der Waals surface area contributed by atoms with Crippen molar-refractivity contribution in [2.24, 2.45) is 5.73 Å². The van der Waals surface area contributed by atoms with Gasteiger partial charge in [0.05, 0.1) is 37.5 Å². The quantitative estimate of drug-likeness (QED) is 0.729. The molecule has 0 aromatic heterocycles. The van der Waals surface area contributed by atoms with Gasteiger partial charge in [-0.2, -0.15) is 0 Å². The first-order valence-electron chi connectivity index (χ1n) is 9.61. The molecule has 1 heterocycles. The molecule has 0 unspecified atom stereocenters. The molecule has 1 aliphatic carbocycles. The van der Waals surface area contributed by atoms with Gasteiger partial charge in [-0.1, -0.05) is 19.3 Å². The second kappa shape index (κ2) is 8.73. The maximum Gasteiger partial charge on any atom is 0.255 e. The summed E-state index contributed by atoms with van der Waals surface area (Å²) in [4.78, 5) is 12.9. The maximum absolute atomic E-state index is 12.9. The SMILES string of the molecule is COc1ccc(OCCCN)c(C(=O)N[C@@H]2COC3(CCCCC3)C2)c1. The number of carbonyl (C=O) groups is 1. The normalized spacial score (nSPS) is 21.5. The lowest BCUT2D eigenvalue weighted by Crippen LogP contribution is -2.37. The zero-order chi connectivity index (χ0) is 18.4. The number of amides is 1. The van der Waals surface area contributed by atoms with Crippen molar-refractivity contribution in [3.63, 3.8) is 0 Å². The van der Waals surface area contributed by atoms with E-state index in [0.717, 1.165) is 25.7 Å². The zero-order valence-electron chi connectivity index (χ0n) is 15.6. The number of ether oxygens (including phenoxy) is 3. The number of methoxy groups -OCH3 is 1. The van der Waals surface area contributed by atoms with Crippen LogP contribution in [-0.4, -0.2) is 44.4 Å². The molecule has 6 nitrogen and oxygen atoms in total. The highest BCUT2D eigenvalue weighted by Crippen LogP contribution is 2.39. The van der Waals surface area contributed by atoms with Crippen molar-refractivity contribution in [1.82, 2.24) is 5.32 Å². The van der Waals surface area contributed by atoms with E-state index < -0.39 is 0 Å². The molecule has 0 bridgehead atoms. The molecule has 3 rings (SSSR count). The second-order valence-corrected chi connectivity index (χ2v) is 7.28.